The van der Waals surface area contributed by atoms with E-state index in [0.29, 0.717) is 5.39 Å². The third-order valence-corrected chi connectivity index (χ3v) is 8.68. The van der Waals surface area contributed by atoms with E-state index in [1.165, 1.54) is 44.9 Å². The summed E-state index contributed by atoms with van der Waals surface area (Å²) in [6.07, 6.45) is 15.0. The summed E-state index contributed by atoms with van der Waals surface area (Å²) in [5.41, 5.74) is 0.755. The SMILES string of the molecule is O=C(Cn1cc(S(=O)(=O)c2ccccc2)c2ccccc21)NC1CCCCCCCCCCC1. The minimum Gasteiger partial charge on any atom is -0.352 e. The lowest BCUT2D eigenvalue weighted by molar-refractivity contribution is -0.122. The molecular weight excluding hydrogens is 444 g/mol. The molecule has 2 aromatic carbocycles. The van der Waals surface area contributed by atoms with Crippen LogP contribution in [0.2, 0.25) is 0 Å². The largest absolute Gasteiger partial charge is 0.352 e. The Balaban J connectivity index is 1.51. The van der Waals surface area contributed by atoms with Crippen molar-refractivity contribution in [1.29, 1.82) is 0 Å². The summed E-state index contributed by atoms with van der Waals surface area (Å²) in [4.78, 5) is 13.6. The summed E-state index contributed by atoms with van der Waals surface area (Å²) in [6, 6.07) is 16.1. The summed E-state index contributed by atoms with van der Waals surface area (Å²) in [5, 5.41) is 3.90. The highest BCUT2D eigenvalue weighted by atomic mass is 32.2. The molecule has 0 aliphatic heterocycles. The van der Waals surface area contributed by atoms with Crippen molar-refractivity contribution in [2.45, 2.75) is 93.0 Å². The molecule has 0 atom stereocenters. The summed E-state index contributed by atoms with van der Waals surface area (Å²) in [7, 11) is -3.68. The van der Waals surface area contributed by atoms with Crippen LogP contribution in [0.5, 0.6) is 0 Å². The van der Waals surface area contributed by atoms with Gasteiger partial charge in [0.1, 0.15) is 6.54 Å². The molecule has 1 heterocycles. The molecule has 34 heavy (non-hydrogen) atoms. The topological polar surface area (TPSA) is 68.2 Å². The van der Waals surface area contributed by atoms with Gasteiger partial charge in [0.2, 0.25) is 15.7 Å². The number of aromatic nitrogens is 1. The van der Waals surface area contributed by atoms with Crippen molar-refractivity contribution < 1.29 is 13.2 Å². The zero-order valence-electron chi connectivity index (χ0n) is 19.9. The number of hydrogen-bond donors (Lipinski definition) is 1. The Bertz CT molecular complexity index is 1170. The van der Waals surface area contributed by atoms with Gasteiger partial charge in [-0.25, -0.2) is 8.42 Å². The average Bonchev–Trinajstić information content (AvgIpc) is 3.20. The highest BCUT2D eigenvalue weighted by molar-refractivity contribution is 7.91. The van der Waals surface area contributed by atoms with Gasteiger partial charge in [-0.15, -0.1) is 0 Å². The number of rotatable bonds is 5. The molecule has 0 spiro atoms. The van der Waals surface area contributed by atoms with Gasteiger partial charge in [-0.1, -0.05) is 94.2 Å². The first-order chi connectivity index (χ1) is 16.6. The number of hydrogen-bond acceptors (Lipinski definition) is 3. The Hall–Kier alpha value is -2.60. The smallest absolute Gasteiger partial charge is 0.240 e. The van der Waals surface area contributed by atoms with Crippen LogP contribution in [-0.2, 0) is 21.2 Å². The Kier molecular flexibility index (Phi) is 8.44. The molecule has 1 N–H and O–H groups in total. The second-order valence-electron chi connectivity index (χ2n) is 9.48. The predicted molar refractivity (Wildman–Crippen MR) is 137 cm³/mol. The predicted octanol–water partition coefficient (Wildman–Crippen LogP) is 6.26. The maximum atomic E-state index is 13.3. The number of carbonyl (C=O) groups is 1. The standard InChI is InChI=1S/C28H36N2O3S/c31-28(29-23-15-9-6-4-2-1-3-5-7-10-16-23)22-30-21-27(25-19-13-14-20-26(25)30)34(32,33)24-17-11-8-12-18-24/h8,11-14,17-21,23H,1-7,9-10,15-16,22H2,(H,29,31). The zero-order valence-corrected chi connectivity index (χ0v) is 20.7. The van der Waals surface area contributed by atoms with E-state index in [-0.39, 0.29) is 28.3 Å². The molecule has 0 unspecified atom stereocenters. The van der Waals surface area contributed by atoms with E-state index in [1.54, 1.807) is 41.1 Å². The van der Waals surface area contributed by atoms with Crippen LogP contribution >= 0.6 is 0 Å². The fourth-order valence-corrected chi connectivity index (χ4v) is 6.52. The number of amides is 1. The molecule has 4 rings (SSSR count). The maximum absolute atomic E-state index is 13.3. The van der Waals surface area contributed by atoms with E-state index in [0.717, 1.165) is 31.2 Å². The minimum absolute atomic E-state index is 0.0542. The van der Waals surface area contributed by atoms with Crippen molar-refractivity contribution >= 4 is 26.6 Å². The van der Waals surface area contributed by atoms with Gasteiger partial charge in [0.25, 0.3) is 0 Å². The van der Waals surface area contributed by atoms with Crippen LogP contribution in [0.15, 0.2) is 70.6 Å². The van der Waals surface area contributed by atoms with Crippen LogP contribution in [0.1, 0.15) is 70.6 Å². The third-order valence-electron chi connectivity index (χ3n) is 6.88. The first-order valence-electron chi connectivity index (χ1n) is 12.7. The molecule has 1 aliphatic carbocycles. The van der Waals surface area contributed by atoms with Crippen LogP contribution in [-0.4, -0.2) is 24.9 Å². The summed E-state index contributed by atoms with van der Waals surface area (Å²) < 4.78 is 28.4. The lowest BCUT2D eigenvalue weighted by Crippen LogP contribution is -2.37. The van der Waals surface area contributed by atoms with Gasteiger partial charge in [0, 0.05) is 23.1 Å². The molecule has 1 amide bonds. The zero-order chi connectivity index (χ0) is 23.8. The monoisotopic (exact) mass is 480 g/mol. The molecule has 0 bridgehead atoms. The number of nitrogens with zero attached hydrogens (tertiary/aromatic N) is 1. The van der Waals surface area contributed by atoms with E-state index < -0.39 is 9.84 Å². The lowest BCUT2D eigenvalue weighted by atomic mass is 9.98. The second kappa shape index (κ2) is 11.7. The number of fused-ring (bicyclic) bond motifs is 1. The number of benzene rings is 2. The van der Waals surface area contributed by atoms with Crippen molar-refractivity contribution in [3.05, 3.63) is 60.8 Å². The highest BCUT2D eigenvalue weighted by Gasteiger charge is 2.24. The molecule has 1 aliphatic rings. The first kappa shape index (κ1) is 24.5. The molecule has 1 fully saturated rings. The highest BCUT2D eigenvalue weighted by Crippen LogP contribution is 2.30. The van der Waals surface area contributed by atoms with Crippen LogP contribution in [0.3, 0.4) is 0 Å². The van der Waals surface area contributed by atoms with Gasteiger partial charge in [-0.3, -0.25) is 4.79 Å². The molecule has 0 saturated heterocycles. The first-order valence-corrected chi connectivity index (χ1v) is 14.2. The molecule has 1 saturated carbocycles. The Morgan fingerprint density at radius 1 is 0.794 bits per heavy atom. The van der Waals surface area contributed by atoms with Crippen LogP contribution in [0.25, 0.3) is 10.9 Å². The molecule has 3 aromatic rings. The summed E-state index contributed by atoms with van der Waals surface area (Å²) in [5.74, 6) is -0.0542. The number of nitrogens with one attached hydrogen (secondary N) is 1. The van der Waals surface area contributed by atoms with Gasteiger partial charge in [-0.2, -0.15) is 0 Å². The Morgan fingerprint density at radius 2 is 1.35 bits per heavy atom. The molecular formula is C28H36N2O3S. The molecule has 1 aromatic heterocycles. The number of sulfone groups is 1. The van der Waals surface area contributed by atoms with Crippen LogP contribution in [0.4, 0.5) is 0 Å². The molecule has 5 nitrogen and oxygen atoms in total. The van der Waals surface area contributed by atoms with Gasteiger partial charge < -0.3 is 9.88 Å². The summed E-state index contributed by atoms with van der Waals surface area (Å²) in [6.45, 7) is 0.112. The van der Waals surface area contributed by atoms with Crippen molar-refractivity contribution in [1.82, 2.24) is 9.88 Å². The van der Waals surface area contributed by atoms with Gasteiger partial charge in [0.15, 0.2) is 0 Å². The van der Waals surface area contributed by atoms with Gasteiger partial charge >= 0.3 is 0 Å². The van der Waals surface area contributed by atoms with Crippen molar-refractivity contribution in [2.75, 3.05) is 0 Å². The maximum Gasteiger partial charge on any atom is 0.240 e. The average molecular weight is 481 g/mol. The van der Waals surface area contributed by atoms with E-state index in [9.17, 15) is 13.2 Å². The fraction of sp³-hybridized carbons (Fsp3) is 0.464. The van der Waals surface area contributed by atoms with Gasteiger partial charge in [-0.05, 0) is 31.0 Å². The normalized spacial score (nSPS) is 17.1. The second-order valence-corrected chi connectivity index (χ2v) is 11.4. The molecule has 6 heteroatoms. The minimum atomic E-state index is -3.68. The number of carbonyl (C=O) groups excluding carboxylic acids is 1. The van der Waals surface area contributed by atoms with Crippen LogP contribution in [0, 0.1) is 0 Å². The van der Waals surface area contributed by atoms with E-state index in [2.05, 4.69) is 5.32 Å². The quantitative estimate of drug-likeness (QED) is 0.468. The van der Waals surface area contributed by atoms with Crippen molar-refractivity contribution in [3.63, 3.8) is 0 Å². The van der Waals surface area contributed by atoms with Crippen LogP contribution < -0.4 is 5.32 Å². The fourth-order valence-electron chi connectivity index (χ4n) is 5.02. The van der Waals surface area contributed by atoms with Gasteiger partial charge in [0.05, 0.1) is 9.79 Å². The molecule has 182 valence electrons. The van der Waals surface area contributed by atoms with Crippen molar-refractivity contribution in [2.24, 2.45) is 0 Å². The Morgan fingerprint density at radius 3 is 2.00 bits per heavy atom. The van der Waals surface area contributed by atoms with E-state index >= 15 is 0 Å². The molecule has 0 radical (unpaired) electrons. The third kappa shape index (κ3) is 6.09. The number of para-hydroxylation sites is 1. The van der Waals surface area contributed by atoms with Crippen molar-refractivity contribution in [3.8, 4) is 0 Å². The lowest BCUT2D eigenvalue weighted by Gasteiger charge is -2.20. The summed E-state index contributed by atoms with van der Waals surface area (Å²) >= 11 is 0. The Labute approximate surface area is 203 Å². The van der Waals surface area contributed by atoms with E-state index in [1.807, 2.05) is 24.3 Å². The van der Waals surface area contributed by atoms with E-state index in [4.69, 9.17) is 0 Å².